The third-order valence-electron chi connectivity index (χ3n) is 3.89. The fourth-order valence-corrected chi connectivity index (χ4v) is 2.67. The SMILES string of the molecule is CN(CCc1cnn(C)c1)C(=O)c1cn(Cc2ccccc2Cl)nn1. The number of carbonyl (C=O) groups is 1. The number of hydrogen-bond donors (Lipinski definition) is 0. The van der Waals surface area contributed by atoms with Gasteiger partial charge < -0.3 is 4.90 Å². The molecule has 2 heterocycles. The second-order valence-corrected chi connectivity index (χ2v) is 6.30. The minimum absolute atomic E-state index is 0.158. The Bertz CT molecular complexity index is 871. The van der Waals surface area contributed by atoms with E-state index < -0.39 is 0 Å². The van der Waals surface area contributed by atoms with Crippen molar-refractivity contribution in [2.75, 3.05) is 13.6 Å². The van der Waals surface area contributed by atoms with Crippen LogP contribution in [-0.4, -0.2) is 49.2 Å². The molecular formula is C17H19ClN6O. The van der Waals surface area contributed by atoms with E-state index in [1.54, 1.807) is 33.7 Å². The van der Waals surface area contributed by atoms with E-state index in [0.29, 0.717) is 23.8 Å². The van der Waals surface area contributed by atoms with E-state index in [-0.39, 0.29) is 5.91 Å². The number of hydrogen-bond acceptors (Lipinski definition) is 4. The van der Waals surface area contributed by atoms with Crippen molar-refractivity contribution in [2.45, 2.75) is 13.0 Å². The molecule has 1 amide bonds. The lowest BCUT2D eigenvalue weighted by molar-refractivity contribution is 0.0790. The predicted molar refractivity (Wildman–Crippen MR) is 94.4 cm³/mol. The Morgan fingerprint density at radius 3 is 2.80 bits per heavy atom. The second kappa shape index (κ2) is 7.48. The van der Waals surface area contributed by atoms with Crippen molar-refractivity contribution in [3.8, 4) is 0 Å². The number of carbonyl (C=O) groups excluding carboxylic acids is 1. The van der Waals surface area contributed by atoms with Gasteiger partial charge in [-0.1, -0.05) is 35.0 Å². The van der Waals surface area contributed by atoms with Crippen molar-refractivity contribution >= 4 is 17.5 Å². The lowest BCUT2D eigenvalue weighted by atomic mass is 10.2. The Kier molecular flexibility index (Phi) is 5.14. The first kappa shape index (κ1) is 17.2. The van der Waals surface area contributed by atoms with Gasteiger partial charge in [0.05, 0.1) is 18.9 Å². The van der Waals surface area contributed by atoms with Crippen LogP contribution in [0.5, 0.6) is 0 Å². The largest absolute Gasteiger partial charge is 0.340 e. The number of likely N-dealkylation sites (N-methyl/N-ethyl adjacent to an activating group) is 1. The number of aromatic nitrogens is 5. The molecular weight excluding hydrogens is 340 g/mol. The van der Waals surface area contributed by atoms with Crippen LogP contribution in [0.4, 0.5) is 0 Å². The normalized spacial score (nSPS) is 10.8. The summed E-state index contributed by atoms with van der Waals surface area (Å²) in [6, 6.07) is 7.54. The smallest absolute Gasteiger partial charge is 0.275 e. The summed E-state index contributed by atoms with van der Waals surface area (Å²) in [5, 5.41) is 12.8. The monoisotopic (exact) mass is 358 g/mol. The number of rotatable bonds is 6. The summed E-state index contributed by atoms with van der Waals surface area (Å²) >= 11 is 6.15. The van der Waals surface area contributed by atoms with Gasteiger partial charge in [0.1, 0.15) is 0 Å². The molecule has 0 unspecified atom stereocenters. The third kappa shape index (κ3) is 4.24. The summed E-state index contributed by atoms with van der Waals surface area (Å²) in [5.74, 6) is -0.158. The molecule has 8 heteroatoms. The maximum atomic E-state index is 12.5. The average Bonchev–Trinajstić information content (AvgIpc) is 3.23. The number of nitrogens with zero attached hydrogens (tertiary/aromatic N) is 6. The molecule has 130 valence electrons. The minimum Gasteiger partial charge on any atom is -0.340 e. The number of halogens is 1. The fraction of sp³-hybridized carbons (Fsp3) is 0.294. The van der Waals surface area contributed by atoms with E-state index >= 15 is 0 Å². The molecule has 0 saturated carbocycles. The van der Waals surface area contributed by atoms with Crippen LogP contribution in [0.25, 0.3) is 0 Å². The van der Waals surface area contributed by atoms with Crippen molar-refractivity contribution in [1.82, 2.24) is 29.7 Å². The van der Waals surface area contributed by atoms with Gasteiger partial charge in [-0.2, -0.15) is 5.10 Å². The topological polar surface area (TPSA) is 68.8 Å². The molecule has 0 radical (unpaired) electrons. The maximum absolute atomic E-state index is 12.5. The second-order valence-electron chi connectivity index (χ2n) is 5.89. The molecule has 3 rings (SSSR count). The van der Waals surface area contributed by atoms with E-state index in [4.69, 9.17) is 11.6 Å². The maximum Gasteiger partial charge on any atom is 0.275 e. The quantitative estimate of drug-likeness (QED) is 0.676. The van der Waals surface area contributed by atoms with Crippen LogP contribution in [0.3, 0.4) is 0 Å². The van der Waals surface area contributed by atoms with Crippen LogP contribution < -0.4 is 0 Å². The summed E-state index contributed by atoms with van der Waals surface area (Å²) in [4.78, 5) is 14.1. The summed E-state index contributed by atoms with van der Waals surface area (Å²) < 4.78 is 3.36. The van der Waals surface area contributed by atoms with E-state index in [9.17, 15) is 4.79 Å². The van der Waals surface area contributed by atoms with E-state index in [1.165, 1.54) is 0 Å². The van der Waals surface area contributed by atoms with Crippen LogP contribution in [-0.2, 0) is 20.0 Å². The van der Waals surface area contributed by atoms with Crippen molar-refractivity contribution in [1.29, 1.82) is 0 Å². The highest BCUT2D eigenvalue weighted by Crippen LogP contribution is 2.16. The molecule has 0 fully saturated rings. The minimum atomic E-state index is -0.158. The van der Waals surface area contributed by atoms with Gasteiger partial charge in [-0.3, -0.25) is 9.48 Å². The molecule has 0 N–H and O–H groups in total. The molecule has 0 spiro atoms. The van der Waals surface area contributed by atoms with Gasteiger partial charge in [0, 0.05) is 31.9 Å². The van der Waals surface area contributed by atoms with E-state index in [1.807, 2.05) is 37.5 Å². The molecule has 1 aromatic carbocycles. The molecule has 0 atom stereocenters. The van der Waals surface area contributed by atoms with Crippen molar-refractivity contribution < 1.29 is 4.79 Å². The Morgan fingerprint density at radius 1 is 1.28 bits per heavy atom. The molecule has 7 nitrogen and oxygen atoms in total. The zero-order valence-electron chi connectivity index (χ0n) is 14.1. The fourth-order valence-electron chi connectivity index (χ4n) is 2.47. The van der Waals surface area contributed by atoms with Gasteiger partial charge in [0.15, 0.2) is 5.69 Å². The van der Waals surface area contributed by atoms with Gasteiger partial charge in [-0.05, 0) is 23.6 Å². The van der Waals surface area contributed by atoms with Crippen LogP contribution in [0, 0.1) is 0 Å². The molecule has 0 aliphatic rings. The van der Waals surface area contributed by atoms with E-state index in [2.05, 4.69) is 15.4 Å². The molecule has 0 saturated heterocycles. The molecule has 25 heavy (non-hydrogen) atoms. The van der Waals surface area contributed by atoms with Gasteiger partial charge in [0.25, 0.3) is 5.91 Å². The Balaban J connectivity index is 1.60. The van der Waals surface area contributed by atoms with Crippen LogP contribution in [0.15, 0.2) is 42.9 Å². The summed E-state index contributed by atoms with van der Waals surface area (Å²) in [7, 11) is 3.63. The molecule has 3 aromatic rings. The highest BCUT2D eigenvalue weighted by Gasteiger charge is 2.16. The van der Waals surface area contributed by atoms with Crippen molar-refractivity contribution in [2.24, 2.45) is 7.05 Å². The average molecular weight is 359 g/mol. The Hall–Kier alpha value is -2.67. The third-order valence-corrected chi connectivity index (χ3v) is 4.26. The van der Waals surface area contributed by atoms with Crippen molar-refractivity contribution in [3.05, 3.63) is 64.7 Å². The van der Waals surface area contributed by atoms with Crippen LogP contribution in [0.1, 0.15) is 21.6 Å². The molecule has 0 bridgehead atoms. The number of amides is 1. The van der Waals surface area contributed by atoms with Gasteiger partial charge in [-0.15, -0.1) is 5.10 Å². The first-order valence-electron chi connectivity index (χ1n) is 7.89. The molecule has 0 aliphatic heterocycles. The zero-order chi connectivity index (χ0) is 17.8. The highest BCUT2D eigenvalue weighted by atomic mass is 35.5. The van der Waals surface area contributed by atoms with Crippen LogP contribution >= 0.6 is 11.6 Å². The van der Waals surface area contributed by atoms with Gasteiger partial charge in [-0.25, -0.2) is 4.68 Å². The lowest BCUT2D eigenvalue weighted by Gasteiger charge is -2.14. The van der Waals surface area contributed by atoms with E-state index in [0.717, 1.165) is 17.5 Å². The molecule has 0 aliphatic carbocycles. The predicted octanol–water partition coefficient (Wildman–Crippen LogP) is 2.03. The summed E-state index contributed by atoms with van der Waals surface area (Å²) in [6.07, 6.45) is 6.13. The van der Waals surface area contributed by atoms with Gasteiger partial charge in [0.2, 0.25) is 0 Å². The Labute approximate surface area is 150 Å². The lowest BCUT2D eigenvalue weighted by Crippen LogP contribution is -2.29. The summed E-state index contributed by atoms with van der Waals surface area (Å²) in [5.41, 5.74) is 2.34. The zero-order valence-corrected chi connectivity index (χ0v) is 14.9. The first-order chi connectivity index (χ1) is 12.0. The number of aryl methyl sites for hydroxylation is 1. The summed E-state index contributed by atoms with van der Waals surface area (Å²) in [6.45, 7) is 1.06. The van der Waals surface area contributed by atoms with Gasteiger partial charge >= 0.3 is 0 Å². The standard InChI is InChI=1S/C17H19ClN6O/c1-22(8-7-13-9-19-23(2)10-13)17(25)16-12-24(21-20-16)11-14-5-3-4-6-15(14)18/h3-6,9-10,12H,7-8,11H2,1-2H3. The van der Waals surface area contributed by atoms with Crippen molar-refractivity contribution in [3.63, 3.8) is 0 Å². The highest BCUT2D eigenvalue weighted by molar-refractivity contribution is 6.31. The Morgan fingerprint density at radius 2 is 2.08 bits per heavy atom. The molecule has 2 aromatic heterocycles. The first-order valence-corrected chi connectivity index (χ1v) is 8.27. The van der Waals surface area contributed by atoms with Crippen LogP contribution in [0.2, 0.25) is 5.02 Å². The number of benzene rings is 1.